The van der Waals surface area contributed by atoms with Crippen molar-refractivity contribution in [3.05, 3.63) is 58.1 Å². The van der Waals surface area contributed by atoms with Crippen molar-refractivity contribution >= 4 is 15.9 Å². The van der Waals surface area contributed by atoms with Gasteiger partial charge in [0.15, 0.2) is 17.6 Å². The molecular formula is C15H12BrF2NO2. The van der Waals surface area contributed by atoms with Gasteiger partial charge in [-0.25, -0.2) is 8.78 Å². The molecule has 0 bridgehead atoms. The number of ether oxygens (including phenoxy) is 2. The minimum atomic E-state index is -0.832. The van der Waals surface area contributed by atoms with Crippen molar-refractivity contribution in [2.75, 3.05) is 6.61 Å². The largest absolute Gasteiger partial charge is 0.486 e. The van der Waals surface area contributed by atoms with E-state index in [1.54, 1.807) is 18.2 Å². The summed E-state index contributed by atoms with van der Waals surface area (Å²) in [6.07, 6.45) is -0.588. The van der Waals surface area contributed by atoms with E-state index in [0.717, 1.165) is 12.1 Å². The quantitative estimate of drug-likeness (QED) is 0.837. The second-order valence-corrected chi connectivity index (χ2v) is 5.58. The lowest BCUT2D eigenvalue weighted by molar-refractivity contribution is 0.0712. The van der Waals surface area contributed by atoms with Crippen molar-refractivity contribution in [3.63, 3.8) is 0 Å². The Labute approximate surface area is 128 Å². The van der Waals surface area contributed by atoms with Gasteiger partial charge in [0.1, 0.15) is 18.2 Å². The molecule has 21 heavy (non-hydrogen) atoms. The van der Waals surface area contributed by atoms with Crippen LogP contribution in [0.2, 0.25) is 0 Å². The van der Waals surface area contributed by atoms with Crippen LogP contribution in [0.5, 0.6) is 11.5 Å². The molecule has 0 aromatic heterocycles. The standard InChI is InChI=1S/C15H12BrF2NO2/c16-9-6-10(17)8(5-11(9)18)15(19)14-7-20-12-3-1-2-4-13(12)21-14/h1-6,14-15H,7,19H2. The maximum absolute atomic E-state index is 14.0. The highest BCUT2D eigenvalue weighted by molar-refractivity contribution is 9.10. The third kappa shape index (κ3) is 2.73. The Bertz CT molecular complexity index is 681. The van der Waals surface area contributed by atoms with E-state index < -0.39 is 23.8 Å². The van der Waals surface area contributed by atoms with Crippen LogP contribution < -0.4 is 15.2 Å². The average Bonchev–Trinajstić information content (AvgIpc) is 2.50. The SMILES string of the molecule is NC(c1cc(F)c(Br)cc1F)C1COc2ccccc2O1. The number of para-hydroxylation sites is 2. The zero-order valence-electron chi connectivity index (χ0n) is 10.9. The first-order valence-corrected chi connectivity index (χ1v) is 7.14. The molecule has 0 spiro atoms. The van der Waals surface area contributed by atoms with Gasteiger partial charge in [0.05, 0.1) is 10.5 Å². The first-order valence-electron chi connectivity index (χ1n) is 6.35. The van der Waals surface area contributed by atoms with Crippen molar-refractivity contribution < 1.29 is 18.3 Å². The molecule has 1 aliphatic heterocycles. The third-order valence-corrected chi connectivity index (χ3v) is 3.94. The van der Waals surface area contributed by atoms with Crippen LogP contribution in [0.3, 0.4) is 0 Å². The van der Waals surface area contributed by atoms with E-state index in [1.165, 1.54) is 0 Å². The molecule has 0 aliphatic carbocycles. The second kappa shape index (κ2) is 5.61. The van der Waals surface area contributed by atoms with E-state index in [1.807, 2.05) is 6.07 Å². The molecule has 1 aliphatic rings. The van der Waals surface area contributed by atoms with Crippen molar-refractivity contribution in [2.24, 2.45) is 5.73 Å². The fourth-order valence-electron chi connectivity index (χ4n) is 2.21. The highest BCUT2D eigenvalue weighted by Gasteiger charge is 2.29. The minimum absolute atomic E-state index is 0.0575. The van der Waals surface area contributed by atoms with E-state index in [4.69, 9.17) is 15.2 Å². The predicted molar refractivity (Wildman–Crippen MR) is 77.3 cm³/mol. The van der Waals surface area contributed by atoms with Crippen molar-refractivity contribution in [3.8, 4) is 11.5 Å². The highest BCUT2D eigenvalue weighted by Crippen LogP contribution is 2.34. The summed E-state index contributed by atoms with van der Waals surface area (Å²) in [6.45, 7) is 0.176. The van der Waals surface area contributed by atoms with Gasteiger partial charge >= 0.3 is 0 Å². The molecule has 1 heterocycles. The van der Waals surface area contributed by atoms with Crippen molar-refractivity contribution in [1.82, 2.24) is 0 Å². The first-order chi connectivity index (χ1) is 10.1. The number of nitrogens with two attached hydrogens (primary N) is 1. The molecule has 0 amide bonds. The number of hydrogen-bond acceptors (Lipinski definition) is 3. The summed E-state index contributed by atoms with van der Waals surface area (Å²) in [5.74, 6) is 0.00260. The number of rotatable bonds is 2. The molecule has 2 atom stereocenters. The Hall–Kier alpha value is -1.66. The Morgan fingerprint density at radius 3 is 2.62 bits per heavy atom. The topological polar surface area (TPSA) is 44.5 Å². The average molecular weight is 356 g/mol. The lowest BCUT2D eigenvalue weighted by atomic mass is 10.0. The summed E-state index contributed by atoms with van der Waals surface area (Å²) in [5.41, 5.74) is 6.08. The van der Waals surface area contributed by atoms with Gasteiger partial charge in [0, 0.05) is 5.56 Å². The van der Waals surface area contributed by atoms with E-state index >= 15 is 0 Å². The van der Waals surface area contributed by atoms with Crippen LogP contribution in [0.4, 0.5) is 8.78 Å². The summed E-state index contributed by atoms with van der Waals surface area (Å²) in [5, 5.41) is 0. The Kier molecular flexibility index (Phi) is 3.82. The van der Waals surface area contributed by atoms with Crippen molar-refractivity contribution in [1.29, 1.82) is 0 Å². The molecule has 0 fully saturated rings. The molecule has 3 nitrogen and oxygen atoms in total. The molecule has 2 aromatic rings. The van der Waals surface area contributed by atoms with E-state index in [-0.39, 0.29) is 16.6 Å². The van der Waals surface area contributed by atoms with Crippen LogP contribution in [0.1, 0.15) is 11.6 Å². The normalized spacial score (nSPS) is 18.4. The molecule has 6 heteroatoms. The maximum atomic E-state index is 14.0. The number of hydrogen-bond donors (Lipinski definition) is 1. The van der Waals surface area contributed by atoms with Gasteiger partial charge in [-0.1, -0.05) is 12.1 Å². The molecule has 2 unspecified atom stereocenters. The Morgan fingerprint density at radius 1 is 1.14 bits per heavy atom. The lowest BCUT2D eigenvalue weighted by Gasteiger charge is -2.30. The Morgan fingerprint density at radius 2 is 1.86 bits per heavy atom. The molecule has 2 N–H and O–H groups in total. The highest BCUT2D eigenvalue weighted by atomic mass is 79.9. The van der Waals surface area contributed by atoms with Crippen LogP contribution in [-0.4, -0.2) is 12.7 Å². The van der Waals surface area contributed by atoms with Gasteiger partial charge in [-0.15, -0.1) is 0 Å². The van der Waals surface area contributed by atoms with Gasteiger partial charge in [-0.05, 0) is 40.2 Å². The van der Waals surface area contributed by atoms with Crippen LogP contribution in [0.15, 0.2) is 40.9 Å². The number of halogens is 3. The van der Waals surface area contributed by atoms with Gasteiger partial charge in [-0.3, -0.25) is 0 Å². The molecule has 0 saturated heterocycles. The smallest absolute Gasteiger partial charge is 0.161 e. The summed E-state index contributed by atoms with van der Waals surface area (Å²) < 4.78 is 38.9. The maximum Gasteiger partial charge on any atom is 0.161 e. The molecule has 3 rings (SSSR count). The van der Waals surface area contributed by atoms with Crippen LogP contribution in [-0.2, 0) is 0 Å². The van der Waals surface area contributed by atoms with Crippen LogP contribution in [0.25, 0.3) is 0 Å². The van der Waals surface area contributed by atoms with Gasteiger partial charge in [0.2, 0.25) is 0 Å². The predicted octanol–water partition coefficient (Wildman–Crippen LogP) is 3.57. The fraction of sp³-hybridized carbons (Fsp3) is 0.200. The zero-order chi connectivity index (χ0) is 15.0. The number of fused-ring (bicyclic) bond motifs is 1. The summed E-state index contributed by atoms with van der Waals surface area (Å²) >= 11 is 2.93. The van der Waals surface area contributed by atoms with E-state index in [0.29, 0.717) is 11.5 Å². The number of benzene rings is 2. The van der Waals surface area contributed by atoms with E-state index in [9.17, 15) is 8.78 Å². The molecule has 0 saturated carbocycles. The summed E-state index contributed by atoms with van der Waals surface area (Å²) in [6, 6.07) is 8.45. The minimum Gasteiger partial charge on any atom is -0.486 e. The Balaban J connectivity index is 1.87. The molecule has 0 radical (unpaired) electrons. The second-order valence-electron chi connectivity index (χ2n) is 4.73. The van der Waals surface area contributed by atoms with Crippen LogP contribution in [0, 0.1) is 11.6 Å². The zero-order valence-corrected chi connectivity index (χ0v) is 12.4. The summed E-state index contributed by atoms with van der Waals surface area (Å²) in [4.78, 5) is 0. The van der Waals surface area contributed by atoms with E-state index in [2.05, 4.69) is 15.9 Å². The van der Waals surface area contributed by atoms with Gasteiger partial charge < -0.3 is 15.2 Å². The fourth-order valence-corrected chi connectivity index (χ4v) is 2.52. The molecule has 110 valence electrons. The molecular weight excluding hydrogens is 344 g/mol. The first kappa shape index (κ1) is 14.3. The summed E-state index contributed by atoms with van der Waals surface area (Å²) in [7, 11) is 0. The lowest BCUT2D eigenvalue weighted by Crippen LogP contribution is -2.39. The van der Waals surface area contributed by atoms with Crippen LogP contribution >= 0.6 is 15.9 Å². The van der Waals surface area contributed by atoms with Gasteiger partial charge in [0.25, 0.3) is 0 Å². The van der Waals surface area contributed by atoms with Gasteiger partial charge in [-0.2, -0.15) is 0 Å². The monoisotopic (exact) mass is 355 g/mol. The van der Waals surface area contributed by atoms with Crippen molar-refractivity contribution in [2.45, 2.75) is 12.1 Å². The third-order valence-electron chi connectivity index (χ3n) is 3.33. The molecule has 2 aromatic carbocycles.